The van der Waals surface area contributed by atoms with Crippen LogP contribution in [-0.2, 0) is 11.3 Å². The minimum atomic E-state index is -0.433. The van der Waals surface area contributed by atoms with Crippen LogP contribution in [0.15, 0.2) is 41.8 Å². The Morgan fingerprint density at radius 3 is 2.81 bits per heavy atom. The molecule has 0 fully saturated rings. The zero-order valence-electron chi connectivity index (χ0n) is 11.8. The van der Waals surface area contributed by atoms with Crippen LogP contribution in [0, 0.1) is 5.92 Å². The molecule has 1 N–H and O–H groups in total. The van der Waals surface area contributed by atoms with Crippen LogP contribution in [0.3, 0.4) is 0 Å². The lowest BCUT2D eigenvalue weighted by Crippen LogP contribution is -2.15. The van der Waals surface area contributed by atoms with Gasteiger partial charge in [-0.05, 0) is 23.6 Å². The van der Waals surface area contributed by atoms with Crippen molar-refractivity contribution in [2.24, 2.45) is 5.92 Å². The lowest BCUT2D eigenvalue weighted by Gasteiger charge is -2.12. The number of thiophene rings is 1. The lowest BCUT2D eigenvalue weighted by atomic mass is 10.2. The largest absolute Gasteiger partial charge is 0.487 e. The van der Waals surface area contributed by atoms with Gasteiger partial charge in [-0.15, -0.1) is 11.3 Å². The van der Waals surface area contributed by atoms with Crippen molar-refractivity contribution in [3.8, 4) is 5.75 Å². The van der Waals surface area contributed by atoms with Crippen LogP contribution >= 0.6 is 11.3 Å². The van der Waals surface area contributed by atoms with Crippen molar-refractivity contribution in [1.82, 2.24) is 0 Å². The molecule has 0 aliphatic carbocycles. The SMILES string of the molecule is CC(CO)COC(=O)c1ccccc1OCc1cccs1. The first-order valence-corrected chi connectivity index (χ1v) is 7.61. The van der Waals surface area contributed by atoms with Gasteiger partial charge in [-0.25, -0.2) is 4.79 Å². The average molecular weight is 306 g/mol. The second-order valence-electron chi connectivity index (χ2n) is 4.75. The average Bonchev–Trinajstić information content (AvgIpc) is 3.04. The predicted molar refractivity (Wildman–Crippen MR) is 81.6 cm³/mol. The molecule has 0 amide bonds. The second-order valence-corrected chi connectivity index (χ2v) is 5.78. The predicted octanol–water partition coefficient (Wildman–Crippen LogP) is 3.11. The standard InChI is InChI=1S/C16H18O4S/c1-12(9-17)10-20-16(18)14-6-2-3-7-15(14)19-11-13-5-4-8-21-13/h2-8,12,17H,9-11H2,1H3. The Hall–Kier alpha value is -1.85. The van der Waals surface area contributed by atoms with Gasteiger partial charge in [0.1, 0.15) is 17.9 Å². The van der Waals surface area contributed by atoms with Crippen molar-refractivity contribution >= 4 is 17.3 Å². The fraction of sp³-hybridized carbons (Fsp3) is 0.312. The third-order valence-corrected chi connectivity index (χ3v) is 3.72. The second kappa shape index (κ2) is 7.81. The molecule has 0 aliphatic rings. The third-order valence-electron chi connectivity index (χ3n) is 2.87. The summed E-state index contributed by atoms with van der Waals surface area (Å²) in [5.41, 5.74) is 0.402. The van der Waals surface area contributed by atoms with Crippen LogP contribution in [-0.4, -0.2) is 24.3 Å². The van der Waals surface area contributed by atoms with E-state index in [1.165, 1.54) is 0 Å². The van der Waals surface area contributed by atoms with E-state index in [4.69, 9.17) is 14.6 Å². The first-order valence-electron chi connectivity index (χ1n) is 6.73. The fourth-order valence-electron chi connectivity index (χ4n) is 1.65. The highest BCUT2D eigenvalue weighted by Gasteiger charge is 2.15. The Labute approximate surface area is 128 Å². The molecule has 0 saturated carbocycles. The minimum Gasteiger partial charge on any atom is -0.487 e. The maximum absolute atomic E-state index is 12.1. The number of carbonyl (C=O) groups excluding carboxylic acids is 1. The molecule has 5 heteroatoms. The number of esters is 1. The highest BCUT2D eigenvalue weighted by atomic mass is 32.1. The number of benzene rings is 1. The van der Waals surface area contributed by atoms with E-state index in [2.05, 4.69) is 0 Å². The van der Waals surface area contributed by atoms with Gasteiger partial charge in [0.05, 0.1) is 6.61 Å². The van der Waals surface area contributed by atoms with Gasteiger partial charge >= 0.3 is 5.97 Å². The zero-order valence-corrected chi connectivity index (χ0v) is 12.6. The first-order chi connectivity index (χ1) is 10.2. The number of aliphatic hydroxyl groups is 1. The van der Waals surface area contributed by atoms with E-state index in [9.17, 15) is 4.79 Å². The summed E-state index contributed by atoms with van der Waals surface area (Å²) in [5.74, 6) is -0.00206. The number of rotatable bonds is 7. The summed E-state index contributed by atoms with van der Waals surface area (Å²) in [6.45, 7) is 2.42. The molecule has 2 rings (SSSR count). The summed E-state index contributed by atoms with van der Waals surface area (Å²) in [6, 6.07) is 10.9. The molecular formula is C16H18O4S. The summed E-state index contributed by atoms with van der Waals surface area (Å²) in [4.78, 5) is 13.2. The highest BCUT2D eigenvalue weighted by Crippen LogP contribution is 2.21. The molecule has 4 nitrogen and oxygen atoms in total. The van der Waals surface area contributed by atoms with E-state index in [0.717, 1.165) is 4.88 Å². The van der Waals surface area contributed by atoms with Gasteiger partial charge in [-0.1, -0.05) is 25.1 Å². The maximum Gasteiger partial charge on any atom is 0.341 e. The molecule has 21 heavy (non-hydrogen) atoms. The quantitative estimate of drug-likeness (QED) is 0.799. The van der Waals surface area contributed by atoms with Crippen LogP contribution in [0.4, 0.5) is 0 Å². The van der Waals surface area contributed by atoms with Gasteiger partial charge in [0.15, 0.2) is 0 Å². The van der Waals surface area contributed by atoms with Gasteiger partial charge in [0, 0.05) is 17.4 Å². The number of ether oxygens (including phenoxy) is 2. The summed E-state index contributed by atoms with van der Waals surface area (Å²) in [5, 5.41) is 10.9. The maximum atomic E-state index is 12.1. The minimum absolute atomic E-state index is 0.0101. The summed E-state index contributed by atoms with van der Waals surface area (Å²) >= 11 is 1.60. The smallest absolute Gasteiger partial charge is 0.341 e. The molecule has 0 aliphatic heterocycles. The number of aliphatic hydroxyl groups excluding tert-OH is 1. The van der Waals surface area contributed by atoms with Crippen LogP contribution < -0.4 is 4.74 Å². The van der Waals surface area contributed by atoms with E-state index in [0.29, 0.717) is 17.9 Å². The van der Waals surface area contributed by atoms with Gasteiger partial charge < -0.3 is 14.6 Å². The van der Waals surface area contributed by atoms with Crippen LogP contribution in [0.25, 0.3) is 0 Å². The van der Waals surface area contributed by atoms with Crippen LogP contribution in [0.1, 0.15) is 22.2 Å². The summed E-state index contributed by atoms with van der Waals surface area (Å²) in [6.07, 6.45) is 0. The Kier molecular flexibility index (Phi) is 5.78. The van der Waals surface area contributed by atoms with Crippen molar-refractivity contribution < 1.29 is 19.4 Å². The van der Waals surface area contributed by atoms with Crippen molar-refractivity contribution in [3.05, 3.63) is 52.2 Å². The molecule has 0 saturated heterocycles. The molecule has 1 aromatic heterocycles. The van der Waals surface area contributed by atoms with Gasteiger partial charge in [-0.3, -0.25) is 0 Å². The summed E-state index contributed by atoms with van der Waals surface area (Å²) < 4.78 is 10.9. The van der Waals surface area contributed by atoms with Crippen molar-refractivity contribution in [1.29, 1.82) is 0 Å². The molecule has 1 aromatic carbocycles. The molecule has 2 aromatic rings. The van der Waals surface area contributed by atoms with E-state index in [-0.39, 0.29) is 19.1 Å². The molecule has 0 radical (unpaired) electrons. The normalized spacial score (nSPS) is 11.9. The van der Waals surface area contributed by atoms with Gasteiger partial charge in [-0.2, -0.15) is 0 Å². The van der Waals surface area contributed by atoms with E-state index in [1.54, 1.807) is 29.5 Å². The molecular weight excluding hydrogens is 288 g/mol. The van der Waals surface area contributed by atoms with E-state index in [1.807, 2.05) is 30.5 Å². The number of para-hydroxylation sites is 1. The molecule has 1 unspecified atom stereocenters. The molecule has 0 bridgehead atoms. The van der Waals surface area contributed by atoms with Crippen LogP contribution in [0.5, 0.6) is 5.75 Å². The van der Waals surface area contributed by atoms with Crippen molar-refractivity contribution in [3.63, 3.8) is 0 Å². The molecule has 1 atom stereocenters. The molecule has 1 heterocycles. The van der Waals surface area contributed by atoms with E-state index < -0.39 is 5.97 Å². The van der Waals surface area contributed by atoms with Gasteiger partial charge in [0.2, 0.25) is 0 Å². The van der Waals surface area contributed by atoms with E-state index >= 15 is 0 Å². The highest BCUT2D eigenvalue weighted by molar-refractivity contribution is 7.09. The first kappa shape index (κ1) is 15.5. The van der Waals surface area contributed by atoms with Crippen molar-refractivity contribution in [2.75, 3.05) is 13.2 Å². The van der Waals surface area contributed by atoms with Crippen LogP contribution in [0.2, 0.25) is 0 Å². The monoisotopic (exact) mass is 306 g/mol. The zero-order chi connectivity index (χ0) is 15.1. The van der Waals surface area contributed by atoms with Gasteiger partial charge in [0.25, 0.3) is 0 Å². The Morgan fingerprint density at radius 2 is 2.10 bits per heavy atom. The Morgan fingerprint density at radius 1 is 1.29 bits per heavy atom. The van der Waals surface area contributed by atoms with Crippen molar-refractivity contribution in [2.45, 2.75) is 13.5 Å². The topological polar surface area (TPSA) is 55.8 Å². The number of carbonyl (C=O) groups is 1. The number of hydrogen-bond acceptors (Lipinski definition) is 5. The Balaban J connectivity index is 2.00. The molecule has 0 spiro atoms. The lowest BCUT2D eigenvalue weighted by molar-refractivity contribution is 0.0400. The third kappa shape index (κ3) is 4.58. The summed E-state index contributed by atoms with van der Waals surface area (Å²) in [7, 11) is 0. The fourth-order valence-corrected chi connectivity index (χ4v) is 2.27. The number of hydrogen-bond donors (Lipinski definition) is 1. The Bertz CT molecular complexity index is 565. The molecule has 112 valence electrons.